The second-order valence-corrected chi connectivity index (χ2v) is 1.85. The Labute approximate surface area is 80.8 Å². The Hall–Kier alpha value is 0.1000. The van der Waals surface area contributed by atoms with E-state index in [0.717, 1.165) is 0 Å². The van der Waals surface area contributed by atoms with Gasteiger partial charge in [0.2, 0.25) is 6.00 Å². The Bertz CT molecular complexity index is 207. The maximum absolute atomic E-state index is 12.5. The van der Waals surface area contributed by atoms with Crippen molar-refractivity contribution in [2.75, 3.05) is 0 Å². The van der Waals surface area contributed by atoms with Crippen LogP contribution in [-0.2, 0) is 6.00 Å². The van der Waals surface area contributed by atoms with Crippen molar-refractivity contribution < 1.29 is 32.9 Å². The van der Waals surface area contributed by atoms with Gasteiger partial charge in [-0.05, 0) is 17.7 Å². The summed E-state index contributed by atoms with van der Waals surface area (Å²) in [5.41, 5.74) is 0. The smallest absolute Gasteiger partial charge is 0.360 e. The fourth-order valence-electron chi connectivity index (χ4n) is 0.552. The Balaban J connectivity index is 0.000000810. The van der Waals surface area contributed by atoms with Gasteiger partial charge in [-0.25, -0.2) is 0 Å². The van der Waals surface area contributed by atoms with Crippen LogP contribution in [0.4, 0.5) is 4.39 Å². The number of nitrogens with zero attached hydrogens (tertiary/aromatic N) is 1. The topological polar surface area (TPSA) is 3.88 Å². The first-order chi connectivity index (χ1) is 4.34. The van der Waals surface area contributed by atoms with Crippen molar-refractivity contribution in [3.8, 4) is 0 Å². The molecule has 0 saturated carbocycles. The van der Waals surface area contributed by atoms with Crippen LogP contribution in [0, 0.1) is 5.95 Å². The highest BCUT2D eigenvalue weighted by molar-refractivity contribution is 6.14. The lowest BCUT2D eigenvalue weighted by molar-refractivity contribution is -0.706. The van der Waals surface area contributed by atoms with E-state index >= 15 is 0 Å². The SMILES string of the molecule is Fc1cccc[n+]1CCl.[I-]. The van der Waals surface area contributed by atoms with E-state index < -0.39 is 0 Å². The molecule has 56 valence electrons. The lowest BCUT2D eigenvalue weighted by Gasteiger charge is -1.87. The van der Waals surface area contributed by atoms with Crippen LogP contribution in [0.15, 0.2) is 24.4 Å². The van der Waals surface area contributed by atoms with Crippen LogP contribution in [0.2, 0.25) is 0 Å². The molecule has 1 heterocycles. The zero-order valence-electron chi connectivity index (χ0n) is 5.10. The molecular formula is C6H6ClFIN. The van der Waals surface area contributed by atoms with Gasteiger partial charge in [-0.15, -0.1) is 4.39 Å². The first kappa shape index (κ1) is 10.1. The quantitative estimate of drug-likeness (QED) is 0.249. The first-order valence-corrected chi connectivity index (χ1v) is 3.08. The third-order valence-electron chi connectivity index (χ3n) is 1.01. The first-order valence-electron chi connectivity index (χ1n) is 2.54. The average Bonchev–Trinajstić information content (AvgIpc) is 1.89. The molecule has 0 aliphatic carbocycles. The van der Waals surface area contributed by atoms with Gasteiger partial charge in [-0.3, -0.25) is 0 Å². The van der Waals surface area contributed by atoms with Gasteiger partial charge in [-0.2, -0.15) is 4.57 Å². The molecule has 0 aromatic carbocycles. The van der Waals surface area contributed by atoms with E-state index in [4.69, 9.17) is 11.6 Å². The van der Waals surface area contributed by atoms with Gasteiger partial charge in [0.25, 0.3) is 0 Å². The number of halogens is 3. The fourth-order valence-corrected chi connectivity index (χ4v) is 0.746. The monoisotopic (exact) mass is 273 g/mol. The minimum absolute atomic E-state index is 0. The largest absolute Gasteiger partial charge is 1.00 e. The maximum atomic E-state index is 12.5. The predicted molar refractivity (Wildman–Crippen MR) is 32.4 cm³/mol. The van der Waals surface area contributed by atoms with E-state index in [1.807, 2.05) is 0 Å². The van der Waals surface area contributed by atoms with Gasteiger partial charge in [0, 0.05) is 12.1 Å². The number of hydrogen-bond donors (Lipinski definition) is 0. The van der Waals surface area contributed by atoms with E-state index in [9.17, 15) is 4.39 Å². The van der Waals surface area contributed by atoms with E-state index in [1.54, 1.807) is 18.3 Å². The summed E-state index contributed by atoms with van der Waals surface area (Å²) >= 11 is 5.36. The molecule has 0 N–H and O–H groups in total. The molecular weight excluding hydrogens is 267 g/mol. The standard InChI is InChI=1S/C6H6ClFN.HI/c7-5-9-4-2-1-3-6(9)8;/h1-4H,5H2;1H/q+1;/p-1. The van der Waals surface area contributed by atoms with Crippen LogP contribution in [0.3, 0.4) is 0 Å². The van der Waals surface area contributed by atoms with Gasteiger partial charge in [-0.1, -0.05) is 0 Å². The number of rotatable bonds is 1. The number of hydrogen-bond acceptors (Lipinski definition) is 0. The average molecular weight is 273 g/mol. The lowest BCUT2D eigenvalue weighted by Crippen LogP contribution is -3.00. The molecule has 0 saturated heterocycles. The number of aromatic nitrogens is 1. The third kappa shape index (κ3) is 2.38. The van der Waals surface area contributed by atoms with Gasteiger partial charge in [0.05, 0.1) is 0 Å². The van der Waals surface area contributed by atoms with Crippen LogP contribution in [0.5, 0.6) is 0 Å². The van der Waals surface area contributed by atoms with Crippen LogP contribution in [0.25, 0.3) is 0 Å². The molecule has 0 bridgehead atoms. The minimum atomic E-state index is -0.312. The van der Waals surface area contributed by atoms with E-state index in [2.05, 4.69) is 0 Å². The predicted octanol–water partition coefficient (Wildman–Crippen LogP) is -1.69. The van der Waals surface area contributed by atoms with Gasteiger partial charge >= 0.3 is 5.95 Å². The lowest BCUT2D eigenvalue weighted by atomic mass is 10.5. The molecule has 0 radical (unpaired) electrons. The number of pyridine rings is 1. The van der Waals surface area contributed by atoms with Gasteiger partial charge < -0.3 is 24.0 Å². The Morgan fingerprint density at radius 3 is 2.60 bits per heavy atom. The Morgan fingerprint density at radius 2 is 2.20 bits per heavy atom. The molecule has 4 heteroatoms. The molecule has 0 atom stereocenters. The summed E-state index contributed by atoms with van der Waals surface area (Å²) in [6.07, 6.45) is 1.59. The molecule has 10 heavy (non-hydrogen) atoms. The summed E-state index contributed by atoms with van der Waals surface area (Å²) in [6.45, 7) is 0. The normalized spacial score (nSPS) is 8.60. The maximum Gasteiger partial charge on any atom is 0.360 e. The zero-order chi connectivity index (χ0) is 6.69. The summed E-state index contributed by atoms with van der Waals surface area (Å²) in [5, 5.41) is 0. The summed E-state index contributed by atoms with van der Waals surface area (Å²) in [7, 11) is 0. The van der Waals surface area contributed by atoms with E-state index in [0.29, 0.717) is 0 Å². The molecule has 0 spiro atoms. The molecule has 1 aromatic heterocycles. The molecule has 0 aliphatic heterocycles. The van der Waals surface area contributed by atoms with Crippen molar-refractivity contribution in [1.29, 1.82) is 0 Å². The highest BCUT2D eigenvalue weighted by Gasteiger charge is 2.03. The molecule has 1 aromatic rings. The van der Waals surface area contributed by atoms with Crippen LogP contribution in [0.1, 0.15) is 0 Å². The fraction of sp³-hybridized carbons (Fsp3) is 0.167. The molecule has 0 amide bonds. The van der Waals surface area contributed by atoms with Crippen molar-refractivity contribution in [2.24, 2.45) is 0 Å². The molecule has 0 unspecified atom stereocenters. The van der Waals surface area contributed by atoms with Crippen LogP contribution < -0.4 is 28.5 Å². The van der Waals surface area contributed by atoms with E-state index in [-0.39, 0.29) is 35.9 Å². The van der Waals surface area contributed by atoms with Crippen LogP contribution in [-0.4, -0.2) is 0 Å². The zero-order valence-corrected chi connectivity index (χ0v) is 8.01. The molecule has 0 fully saturated rings. The molecule has 1 rings (SSSR count). The van der Waals surface area contributed by atoms with Crippen molar-refractivity contribution in [3.63, 3.8) is 0 Å². The van der Waals surface area contributed by atoms with Crippen LogP contribution >= 0.6 is 11.6 Å². The van der Waals surface area contributed by atoms with Crippen molar-refractivity contribution in [3.05, 3.63) is 30.3 Å². The highest BCUT2D eigenvalue weighted by Crippen LogP contribution is 1.87. The Morgan fingerprint density at radius 1 is 1.50 bits per heavy atom. The molecule has 1 nitrogen and oxygen atoms in total. The Kier molecular flexibility index (Phi) is 4.89. The number of alkyl halides is 1. The highest BCUT2D eigenvalue weighted by atomic mass is 127. The van der Waals surface area contributed by atoms with E-state index in [1.165, 1.54) is 10.6 Å². The molecule has 0 aliphatic rings. The van der Waals surface area contributed by atoms with Gasteiger partial charge in [0.15, 0.2) is 6.20 Å². The van der Waals surface area contributed by atoms with Crippen molar-refractivity contribution >= 4 is 11.6 Å². The second kappa shape index (κ2) is 4.85. The summed E-state index contributed by atoms with van der Waals surface area (Å²) < 4.78 is 13.8. The van der Waals surface area contributed by atoms with Crippen molar-refractivity contribution in [1.82, 2.24) is 0 Å². The summed E-state index contributed by atoms with van der Waals surface area (Å²) in [5.74, 6) is -0.312. The second-order valence-electron chi connectivity index (χ2n) is 1.61. The summed E-state index contributed by atoms with van der Waals surface area (Å²) in [6, 6.07) is 4.87. The third-order valence-corrected chi connectivity index (χ3v) is 1.27. The summed E-state index contributed by atoms with van der Waals surface area (Å²) in [4.78, 5) is 0. The minimum Gasteiger partial charge on any atom is -1.00 e. The van der Waals surface area contributed by atoms with Gasteiger partial charge in [0.1, 0.15) is 0 Å². The van der Waals surface area contributed by atoms with Crippen molar-refractivity contribution in [2.45, 2.75) is 6.00 Å².